The predicted molar refractivity (Wildman–Crippen MR) is 88.8 cm³/mol. The Balaban J connectivity index is 2.08. The molecule has 0 aromatic carbocycles. The number of aromatic nitrogens is 3. The molecule has 0 radical (unpaired) electrons. The summed E-state index contributed by atoms with van der Waals surface area (Å²) in [5.41, 5.74) is 2.98. The van der Waals surface area contributed by atoms with Gasteiger partial charge in [0.25, 0.3) is 0 Å². The second-order valence-corrected chi connectivity index (χ2v) is 6.36. The molecule has 0 unspecified atom stereocenters. The first-order valence-electron chi connectivity index (χ1n) is 8.14. The molecular weight excluding hydrogens is 290 g/mol. The average Bonchev–Trinajstić information content (AvgIpc) is 2.88. The van der Waals surface area contributed by atoms with E-state index < -0.39 is 5.97 Å². The number of carboxylic acid groups (broad SMARTS) is 1. The van der Waals surface area contributed by atoms with E-state index in [1.54, 1.807) is 12.3 Å². The molecule has 1 fully saturated rings. The van der Waals surface area contributed by atoms with E-state index in [1.807, 2.05) is 19.2 Å². The summed E-state index contributed by atoms with van der Waals surface area (Å²) < 4.78 is 2.06. The predicted octanol–water partition coefficient (Wildman–Crippen LogP) is 3.87. The summed E-state index contributed by atoms with van der Waals surface area (Å²) in [6.07, 6.45) is 7.57. The van der Waals surface area contributed by atoms with Crippen molar-refractivity contribution in [3.63, 3.8) is 0 Å². The summed E-state index contributed by atoms with van der Waals surface area (Å²) in [6, 6.07) is 5.58. The first-order valence-corrected chi connectivity index (χ1v) is 8.14. The minimum Gasteiger partial charge on any atom is -0.477 e. The van der Waals surface area contributed by atoms with E-state index >= 15 is 0 Å². The van der Waals surface area contributed by atoms with Crippen LogP contribution in [0.2, 0.25) is 0 Å². The van der Waals surface area contributed by atoms with E-state index in [-0.39, 0.29) is 5.69 Å². The zero-order valence-corrected chi connectivity index (χ0v) is 13.1. The molecule has 0 spiro atoms. The third-order valence-electron chi connectivity index (χ3n) is 4.96. The lowest BCUT2D eigenvalue weighted by molar-refractivity contribution is 0.0690. The van der Waals surface area contributed by atoms with E-state index in [0.717, 1.165) is 40.5 Å². The van der Waals surface area contributed by atoms with Gasteiger partial charge in [-0.05, 0) is 31.0 Å². The second-order valence-electron chi connectivity index (χ2n) is 6.36. The maximum atomic E-state index is 11.5. The Labute approximate surface area is 134 Å². The summed E-state index contributed by atoms with van der Waals surface area (Å²) in [6.45, 7) is 0. The summed E-state index contributed by atoms with van der Waals surface area (Å²) in [4.78, 5) is 20.5. The number of hydrogen-bond donors (Lipinski definition) is 1. The Hall–Kier alpha value is -2.43. The highest BCUT2D eigenvalue weighted by atomic mass is 16.4. The van der Waals surface area contributed by atoms with Crippen LogP contribution >= 0.6 is 0 Å². The second kappa shape index (κ2) is 5.33. The molecule has 0 aliphatic heterocycles. The van der Waals surface area contributed by atoms with Crippen LogP contribution in [0.25, 0.3) is 21.9 Å². The van der Waals surface area contributed by atoms with Crippen molar-refractivity contribution >= 4 is 27.9 Å². The Kier molecular flexibility index (Phi) is 3.29. The fourth-order valence-corrected chi connectivity index (χ4v) is 3.87. The van der Waals surface area contributed by atoms with Gasteiger partial charge in [0.1, 0.15) is 11.3 Å². The van der Waals surface area contributed by atoms with Crippen LogP contribution in [0.3, 0.4) is 0 Å². The van der Waals surface area contributed by atoms with Crippen molar-refractivity contribution in [3.8, 4) is 0 Å². The number of carboxylic acids is 1. The van der Waals surface area contributed by atoms with E-state index in [2.05, 4.69) is 14.5 Å². The fourth-order valence-electron chi connectivity index (χ4n) is 3.87. The van der Waals surface area contributed by atoms with Gasteiger partial charge in [0.2, 0.25) is 0 Å². The minimum absolute atomic E-state index is 0.134. The molecule has 0 amide bonds. The van der Waals surface area contributed by atoms with Gasteiger partial charge >= 0.3 is 5.97 Å². The topological polar surface area (TPSA) is 68.0 Å². The highest BCUT2D eigenvalue weighted by Crippen LogP contribution is 2.38. The molecule has 23 heavy (non-hydrogen) atoms. The van der Waals surface area contributed by atoms with E-state index in [1.165, 1.54) is 19.3 Å². The smallest absolute Gasteiger partial charge is 0.354 e. The summed E-state index contributed by atoms with van der Waals surface area (Å²) in [5.74, 6) is -0.626. The summed E-state index contributed by atoms with van der Waals surface area (Å²) in [5, 5.41) is 11.4. The lowest BCUT2D eigenvalue weighted by atomic mass is 9.86. The molecule has 0 bridgehead atoms. The Morgan fingerprint density at radius 3 is 2.78 bits per heavy atom. The standard InChI is InChI=1S/C18H19N3O2/c1-21-16-13(12-8-5-9-19-17(12)21)10-14(18(22)23)20-15(16)11-6-3-2-4-7-11/h5,8-11H,2-4,6-7H2,1H3,(H,22,23). The zero-order valence-electron chi connectivity index (χ0n) is 13.1. The van der Waals surface area contributed by atoms with E-state index in [0.29, 0.717) is 5.92 Å². The molecule has 0 atom stereocenters. The first-order chi connectivity index (χ1) is 11.2. The number of fused-ring (bicyclic) bond motifs is 3. The van der Waals surface area contributed by atoms with Gasteiger partial charge < -0.3 is 9.67 Å². The average molecular weight is 309 g/mol. The molecule has 118 valence electrons. The lowest BCUT2D eigenvalue weighted by Crippen LogP contribution is -2.11. The van der Waals surface area contributed by atoms with Crippen LogP contribution in [-0.2, 0) is 7.05 Å². The normalized spacial score (nSPS) is 16.2. The van der Waals surface area contributed by atoms with Gasteiger partial charge in [-0.25, -0.2) is 14.8 Å². The highest BCUT2D eigenvalue weighted by Gasteiger charge is 2.24. The van der Waals surface area contributed by atoms with E-state index in [9.17, 15) is 9.90 Å². The van der Waals surface area contributed by atoms with Gasteiger partial charge in [0, 0.05) is 29.9 Å². The molecule has 3 aromatic rings. The largest absolute Gasteiger partial charge is 0.477 e. The van der Waals surface area contributed by atoms with Gasteiger partial charge in [-0.3, -0.25) is 0 Å². The van der Waals surface area contributed by atoms with Crippen LogP contribution in [0.1, 0.15) is 54.2 Å². The maximum Gasteiger partial charge on any atom is 0.354 e. The molecule has 0 saturated heterocycles. The van der Waals surface area contributed by atoms with Crippen molar-refractivity contribution in [2.45, 2.75) is 38.0 Å². The molecule has 1 N–H and O–H groups in total. The van der Waals surface area contributed by atoms with Gasteiger partial charge in [0.15, 0.2) is 0 Å². The summed E-state index contributed by atoms with van der Waals surface area (Å²) >= 11 is 0. The van der Waals surface area contributed by atoms with Crippen LogP contribution in [0, 0.1) is 0 Å². The lowest BCUT2D eigenvalue weighted by Gasteiger charge is -2.22. The number of carbonyl (C=O) groups is 1. The number of aryl methyl sites for hydroxylation is 1. The Morgan fingerprint density at radius 1 is 1.26 bits per heavy atom. The number of pyridine rings is 2. The van der Waals surface area contributed by atoms with Gasteiger partial charge in [-0.15, -0.1) is 0 Å². The molecule has 5 nitrogen and oxygen atoms in total. The Morgan fingerprint density at radius 2 is 2.04 bits per heavy atom. The van der Waals surface area contributed by atoms with Gasteiger partial charge in [-0.2, -0.15) is 0 Å². The highest BCUT2D eigenvalue weighted by molar-refractivity contribution is 6.09. The molecule has 3 aromatic heterocycles. The van der Waals surface area contributed by atoms with Gasteiger partial charge in [0.05, 0.1) is 11.2 Å². The van der Waals surface area contributed by atoms with Crippen molar-refractivity contribution in [3.05, 3.63) is 35.8 Å². The number of hydrogen-bond acceptors (Lipinski definition) is 3. The minimum atomic E-state index is -0.968. The van der Waals surface area contributed by atoms with Crippen LogP contribution in [-0.4, -0.2) is 25.6 Å². The van der Waals surface area contributed by atoms with Crippen molar-refractivity contribution in [1.82, 2.24) is 14.5 Å². The van der Waals surface area contributed by atoms with Gasteiger partial charge in [-0.1, -0.05) is 19.3 Å². The number of rotatable bonds is 2. The van der Waals surface area contributed by atoms with Crippen LogP contribution in [0.4, 0.5) is 0 Å². The molecule has 3 heterocycles. The first kappa shape index (κ1) is 14.2. The third-order valence-corrected chi connectivity index (χ3v) is 4.96. The molecule has 5 heteroatoms. The number of aromatic carboxylic acids is 1. The van der Waals surface area contributed by atoms with E-state index in [4.69, 9.17) is 0 Å². The van der Waals surface area contributed by atoms with Crippen LogP contribution in [0.15, 0.2) is 24.4 Å². The molecule has 4 rings (SSSR count). The molecule has 1 saturated carbocycles. The van der Waals surface area contributed by atoms with Crippen molar-refractivity contribution in [2.24, 2.45) is 7.05 Å². The van der Waals surface area contributed by atoms with Crippen LogP contribution in [0.5, 0.6) is 0 Å². The quantitative estimate of drug-likeness (QED) is 0.780. The van der Waals surface area contributed by atoms with Crippen molar-refractivity contribution in [2.75, 3.05) is 0 Å². The SMILES string of the molecule is Cn1c2ncccc2c2cc(C(=O)O)nc(C3CCCCC3)c21. The molecule has 1 aliphatic carbocycles. The maximum absolute atomic E-state index is 11.5. The fraction of sp³-hybridized carbons (Fsp3) is 0.389. The van der Waals surface area contributed by atoms with Crippen LogP contribution < -0.4 is 0 Å². The Bertz CT molecular complexity index is 907. The number of nitrogens with zero attached hydrogens (tertiary/aromatic N) is 3. The zero-order chi connectivity index (χ0) is 16.0. The van der Waals surface area contributed by atoms with Crippen molar-refractivity contribution in [1.29, 1.82) is 0 Å². The molecule has 1 aliphatic rings. The molecular formula is C18H19N3O2. The third kappa shape index (κ3) is 2.19. The van der Waals surface area contributed by atoms with Crippen molar-refractivity contribution < 1.29 is 9.90 Å². The monoisotopic (exact) mass is 309 g/mol. The summed E-state index contributed by atoms with van der Waals surface area (Å²) in [7, 11) is 1.99.